The highest BCUT2D eigenvalue weighted by molar-refractivity contribution is 6.74. The van der Waals surface area contributed by atoms with Gasteiger partial charge in [-0.05, 0) is 24.1 Å². The van der Waals surface area contributed by atoms with Gasteiger partial charge in [0.05, 0.1) is 18.3 Å². The summed E-state index contributed by atoms with van der Waals surface area (Å²) < 4.78 is 6.53. The molecule has 0 bridgehead atoms. The molecule has 0 aliphatic heterocycles. The third kappa shape index (κ3) is 3.19. The molecule has 0 saturated heterocycles. The smallest absolute Gasteiger partial charge is 0.192 e. The van der Waals surface area contributed by atoms with Crippen molar-refractivity contribution in [2.75, 3.05) is 0 Å². The number of aliphatic hydroxyl groups is 2. The summed E-state index contributed by atoms with van der Waals surface area (Å²) >= 11 is 0. The van der Waals surface area contributed by atoms with Crippen molar-refractivity contribution in [1.29, 1.82) is 0 Å². The van der Waals surface area contributed by atoms with Crippen molar-refractivity contribution in [2.24, 2.45) is 17.8 Å². The number of rotatable bonds is 2. The summed E-state index contributed by atoms with van der Waals surface area (Å²) in [6.07, 6.45) is 6.53. The van der Waals surface area contributed by atoms with E-state index in [0.29, 0.717) is 0 Å². The van der Waals surface area contributed by atoms with Gasteiger partial charge in [0.25, 0.3) is 0 Å². The normalized spacial score (nSPS) is 40.2. The lowest BCUT2D eigenvalue weighted by molar-refractivity contribution is -0.0371. The zero-order chi connectivity index (χ0) is 16.0. The Hall–Kier alpha value is -0.423. The summed E-state index contributed by atoms with van der Waals surface area (Å²) in [6, 6.07) is 0. The standard InChI is InChI=1S/C17H30O3Si/c1-11-7-10-14(20-21(5,6)17(2,3)4)16-13(19)9-8-12(18)15(11)16/h7-16,18-19H,1-6H3/t11-,12+,13-,14+,15+,16+/m1/s1. The first kappa shape index (κ1) is 16.9. The molecule has 0 amide bonds. The van der Waals surface area contributed by atoms with E-state index < -0.39 is 20.5 Å². The number of allylic oxidation sites excluding steroid dienone is 1. The zero-order valence-electron chi connectivity index (χ0n) is 14.1. The van der Waals surface area contributed by atoms with Crippen molar-refractivity contribution >= 4 is 8.32 Å². The molecule has 2 aliphatic carbocycles. The first-order valence-electron chi connectivity index (χ1n) is 7.95. The molecule has 0 spiro atoms. The molecular weight excluding hydrogens is 280 g/mol. The fraction of sp³-hybridized carbons (Fsp3) is 0.765. The van der Waals surface area contributed by atoms with E-state index in [9.17, 15) is 10.2 Å². The van der Waals surface area contributed by atoms with E-state index in [2.05, 4.69) is 52.9 Å². The molecular formula is C17H30O3Si. The summed E-state index contributed by atoms with van der Waals surface area (Å²) in [4.78, 5) is 0. The van der Waals surface area contributed by atoms with Crippen LogP contribution in [0.5, 0.6) is 0 Å². The van der Waals surface area contributed by atoms with Crippen molar-refractivity contribution < 1.29 is 14.6 Å². The van der Waals surface area contributed by atoms with E-state index in [1.54, 1.807) is 12.2 Å². The summed E-state index contributed by atoms with van der Waals surface area (Å²) in [5.41, 5.74) is 0. The lowest BCUT2D eigenvalue weighted by atomic mass is 9.67. The Bertz CT molecular complexity index is 436. The molecule has 0 fully saturated rings. The van der Waals surface area contributed by atoms with E-state index in [4.69, 9.17) is 4.43 Å². The zero-order valence-corrected chi connectivity index (χ0v) is 15.1. The van der Waals surface area contributed by atoms with E-state index in [1.807, 2.05) is 0 Å². The highest BCUT2D eigenvalue weighted by Gasteiger charge is 2.47. The Morgan fingerprint density at radius 2 is 1.43 bits per heavy atom. The molecule has 3 nitrogen and oxygen atoms in total. The maximum absolute atomic E-state index is 10.4. The van der Waals surface area contributed by atoms with E-state index >= 15 is 0 Å². The second-order valence-electron chi connectivity index (χ2n) is 8.11. The third-order valence-corrected chi connectivity index (χ3v) is 10.0. The van der Waals surface area contributed by atoms with Gasteiger partial charge in [0.2, 0.25) is 0 Å². The quantitative estimate of drug-likeness (QED) is 0.608. The van der Waals surface area contributed by atoms with Gasteiger partial charge in [-0.1, -0.05) is 52.0 Å². The molecule has 0 heterocycles. The van der Waals surface area contributed by atoms with Gasteiger partial charge in [0.1, 0.15) is 0 Å². The average molecular weight is 311 g/mol. The van der Waals surface area contributed by atoms with Crippen LogP contribution in [0.4, 0.5) is 0 Å². The fourth-order valence-electron chi connectivity index (χ4n) is 3.19. The van der Waals surface area contributed by atoms with Gasteiger partial charge in [-0.25, -0.2) is 0 Å². The van der Waals surface area contributed by atoms with Crippen LogP contribution in [0, 0.1) is 17.8 Å². The Balaban J connectivity index is 2.28. The number of fused-ring (bicyclic) bond motifs is 1. The first-order valence-corrected chi connectivity index (χ1v) is 10.9. The van der Waals surface area contributed by atoms with Crippen LogP contribution in [-0.4, -0.2) is 36.8 Å². The molecule has 2 N–H and O–H groups in total. The van der Waals surface area contributed by atoms with Crippen LogP contribution < -0.4 is 0 Å². The van der Waals surface area contributed by atoms with Crippen LogP contribution in [0.25, 0.3) is 0 Å². The van der Waals surface area contributed by atoms with E-state index in [-0.39, 0.29) is 28.9 Å². The first-order chi connectivity index (χ1) is 9.54. The summed E-state index contributed by atoms with van der Waals surface area (Å²) in [6.45, 7) is 13.2. The topological polar surface area (TPSA) is 49.7 Å². The molecule has 0 aromatic heterocycles. The predicted octanol–water partition coefficient (Wildman–Crippen LogP) is 3.11. The minimum Gasteiger partial charge on any atom is -0.410 e. The Kier molecular flexibility index (Phi) is 4.56. The maximum atomic E-state index is 10.4. The van der Waals surface area contributed by atoms with Gasteiger partial charge in [0.15, 0.2) is 8.32 Å². The van der Waals surface area contributed by atoms with Gasteiger partial charge in [0, 0.05) is 11.8 Å². The van der Waals surface area contributed by atoms with Crippen LogP contribution in [0.15, 0.2) is 24.3 Å². The molecule has 0 radical (unpaired) electrons. The van der Waals surface area contributed by atoms with Crippen LogP contribution in [-0.2, 0) is 4.43 Å². The fourth-order valence-corrected chi connectivity index (χ4v) is 4.46. The minimum atomic E-state index is -1.91. The molecule has 0 aromatic carbocycles. The predicted molar refractivity (Wildman–Crippen MR) is 88.5 cm³/mol. The average Bonchev–Trinajstić information content (AvgIpc) is 2.34. The molecule has 21 heavy (non-hydrogen) atoms. The van der Waals surface area contributed by atoms with Crippen molar-refractivity contribution in [3.8, 4) is 0 Å². The summed E-state index contributed by atoms with van der Waals surface area (Å²) in [5.74, 6) is 0.229. The Morgan fingerprint density at radius 1 is 0.905 bits per heavy atom. The van der Waals surface area contributed by atoms with Crippen molar-refractivity contribution in [1.82, 2.24) is 0 Å². The summed E-state index contributed by atoms with van der Waals surface area (Å²) in [7, 11) is -1.91. The molecule has 4 heteroatoms. The van der Waals surface area contributed by atoms with Gasteiger partial charge >= 0.3 is 0 Å². The van der Waals surface area contributed by atoms with Gasteiger partial charge < -0.3 is 14.6 Å². The molecule has 2 aliphatic rings. The van der Waals surface area contributed by atoms with Crippen molar-refractivity contribution in [3.05, 3.63) is 24.3 Å². The highest BCUT2D eigenvalue weighted by atomic mass is 28.4. The Morgan fingerprint density at radius 3 is 1.95 bits per heavy atom. The van der Waals surface area contributed by atoms with Crippen molar-refractivity contribution in [3.63, 3.8) is 0 Å². The van der Waals surface area contributed by atoms with Gasteiger partial charge in [-0.2, -0.15) is 0 Å². The minimum absolute atomic E-state index is 0.0322. The third-order valence-electron chi connectivity index (χ3n) is 5.57. The SMILES string of the molecule is C[C@@H]1C=C[C@H](O[Si](C)(C)C(C)(C)C)[C@H]2[C@@H]1[C@@H](O)C=C[C@H]2O. The highest BCUT2D eigenvalue weighted by Crippen LogP contribution is 2.44. The van der Waals surface area contributed by atoms with Gasteiger partial charge in [-0.15, -0.1) is 0 Å². The number of hydrogen-bond acceptors (Lipinski definition) is 3. The second kappa shape index (κ2) is 5.65. The van der Waals surface area contributed by atoms with E-state index in [1.165, 1.54) is 0 Å². The van der Waals surface area contributed by atoms with Crippen LogP contribution in [0.2, 0.25) is 18.1 Å². The lowest BCUT2D eigenvalue weighted by Gasteiger charge is -2.48. The Labute approximate surface area is 129 Å². The monoisotopic (exact) mass is 310 g/mol. The maximum Gasteiger partial charge on any atom is 0.192 e. The molecule has 0 unspecified atom stereocenters. The molecule has 0 aromatic rings. The number of aliphatic hydroxyl groups excluding tert-OH is 2. The number of hydrogen-bond donors (Lipinski definition) is 2. The molecule has 0 saturated carbocycles. The van der Waals surface area contributed by atoms with Crippen LogP contribution >= 0.6 is 0 Å². The van der Waals surface area contributed by atoms with Crippen LogP contribution in [0.3, 0.4) is 0 Å². The van der Waals surface area contributed by atoms with E-state index in [0.717, 1.165) is 0 Å². The van der Waals surface area contributed by atoms with Gasteiger partial charge in [-0.3, -0.25) is 0 Å². The molecule has 6 atom stereocenters. The molecule has 2 rings (SSSR count). The molecule has 120 valence electrons. The van der Waals surface area contributed by atoms with Crippen LogP contribution in [0.1, 0.15) is 27.7 Å². The largest absolute Gasteiger partial charge is 0.410 e. The summed E-state index contributed by atoms with van der Waals surface area (Å²) in [5, 5.41) is 20.8. The second-order valence-corrected chi connectivity index (χ2v) is 12.9. The lowest BCUT2D eigenvalue weighted by Crippen LogP contribution is -2.53. The van der Waals surface area contributed by atoms with Crippen molar-refractivity contribution in [2.45, 2.75) is 64.1 Å².